The highest BCUT2D eigenvalue weighted by Crippen LogP contribution is 2.27. The Morgan fingerprint density at radius 2 is 1.89 bits per heavy atom. The monoisotopic (exact) mass is 496 g/mol. The second-order valence-electron chi connectivity index (χ2n) is 8.60. The van der Waals surface area contributed by atoms with E-state index in [4.69, 9.17) is 9.15 Å². The first-order chi connectivity index (χ1) is 18.1. The highest BCUT2D eigenvalue weighted by molar-refractivity contribution is 6.04. The first kappa shape index (κ1) is 22.7. The molecule has 1 aliphatic heterocycles. The van der Waals surface area contributed by atoms with Crippen molar-refractivity contribution >= 4 is 34.8 Å². The number of amides is 1. The van der Waals surface area contributed by atoms with E-state index in [1.165, 1.54) is 0 Å². The number of fused-ring (bicyclic) bond motifs is 1. The number of nitrogens with zero attached hydrogens (tertiary/aromatic N) is 6. The van der Waals surface area contributed by atoms with Gasteiger partial charge >= 0.3 is 6.01 Å². The van der Waals surface area contributed by atoms with E-state index in [2.05, 4.69) is 35.7 Å². The molecule has 0 aliphatic carbocycles. The molecule has 37 heavy (non-hydrogen) atoms. The van der Waals surface area contributed by atoms with Gasteiger partial charge in [-0.1, -0.05) is 17.2 Å². The van der Waals surface area contributed by atoms with Crippen LogP contribution in [0.1, 0.15) is 16.1 Å². The maximum absolute atomic E-state index is 13.0. The number of pyridine rings is 2. The van der Waals surface area contributed by atoms with Crippen LogP contribution in [0.25, 0.3) is 17.1 Å². The van der Waals surface area contributed by atoms with Gasteiger partial charge in [0.05, 0.1) is 31.3 Å². The molecule has 11 heteroatoms. The minimum Gasteiger partial charge on any atom is -0.403 e. The highest BCUT2D eigenvalue weighted by atomic mass is 16.5. The summed E-state index contributed by atoms with van der Waals surface area (Å²) in [5.41, 5.74) is 4.10. The molecule has 5 aromatic rings. The first-order valence-corrected chi connectivity index (χ1v) is 11.9. The quantitative estimate of drug-likeness (QED) is 0.360. The summed E-state index contributed by atoms with van der Waals surface area (Å²) in [5.74, 6) is 0.962. The number of carbonyl (C=O) groups excluding carboxylic acids is 1. The largest absolute Gasteiger partial charge is 0.403 e. The number of anilines is 4. The summed E-state index contributed by atoms with van der Waals surface area (Å²) in [6, 6.07) is 15.3. The molecule has 5 heterocycles. The van der Waals surface area contributed by atoms with Crippen LogP contribution in [0.4, 0.5) is 23.2 Å². The van der Waals surface area contributed by atoms with Crippen LogP contribution in [0, 0.1) is 6.92 Å². The van der Waals surface area contributed by atoms with E-state index in [9.17, 15) is 4.79 Å². The molecule has 4 aromatic heterocycles. The van der Waals surface area contributed by atoms with Gasteiger partial charge in [-0.3, -0.25) is 9.20 Å². The Bertz CT molecular complexity index is 1550. The number of rotatable bonds is 6. The molecule has 1 aliphatic rings. The lowest BCUT2D eigenvalue weighted by Gasteiger charge is -2.27. The average molecular weight is 497 g/mol. The number of benzene rings is 1. The van der Waals surface area contributed by atoms with Crippen molar-refractivity contribution in [1.82, 2.24) is 24.6 Å². The lowest BCUT2D eigenvalue weighted by molar-refractivity contribution is 0.102. The molecule has 6 rings (SSSR count). The van der Waals surface area contributed by atoms with Crippen molar-refractivity contribution < 1.29 is 13.9 Å². The van der Waals surface area contributed by atoms with E-state index in [0.717, 1.165) is 30.2 Å². The zero-order valence-corrected chi connectivity index (χ0v) is 20.1. The van der Waals surface area contributed by atoms with Crippen LogP contribution in [-0.2, 0) is 4.74 Å². The van der Waals surface area contributed by atoms with E-state index in [0.29, 0.717) is 41.7 Å². The van der Waals surface area contributed by atoms with Crippen LogP contribution in [-0.4, -0.2) is 56.8 Å². The Balaban J connectivity index is 1.16. The first-order valence-electron chi connectivity index (χ1n) is 11.9. The summed E-state index contributed by atoms with van der Waals surface area (Å²) in [6.45, 7) is 4.98. The van der Waals surface area contributed by atoms with Crippen molar-refractivity contribution in [2.75, 3.05) is 41.8 Å². The van der Waals surface area contributed by atoms with Gasteiger partial charge in [0, 0.05) is 30.5 Å². The third kappa shape index (κ3) is 4.71. The van der Waals surface area contributed by atoms with Crippen molar-refractivity contribution in [1.29, 1.82) is 0 Å². The fourth-order valence-electron chi connectivity index (χ4n) is 4.13. The van der Waals surface area contributed by atoms with E-state index in [1.54, 1.807) is 23.0 Å². The summed E-state index contributed by atoms with van der Waals surface area (Å²) >= 11 is 0. The van der Waals surface area contributed by atoms with Gasteiger partial charge in [-0.05, 0) is 48.9 Å². The molecule has 0 saturated carbocycles. The van der Waals surface area contributed by atoms with Gasteiger partial charge in [-0.2, -0.15) is 0 Å². The Morgan fingerprint density at radius 3 is 2.73 bits per heavy atom. The molecule has 2 N–H and O–H groups in total. The van der Waals surface area contributed by atoms with Crippen LogP contribution in [0.15, 0.2) is 71.5 Å². The lowest BCUT2D eigenvalue weighted by atomic mass is 10.1. The number of imidazole rings is 1. The molecule has 0 atom stereocenters. The van der Waals surface area contributed by atoms with Gasteiger partial charge in [-0.15, -0.1) is 5.10 Å². The topological polar surface area (TPSA) is 123 Å². The molecule has 186 valence electrons. The number of aromatic nitrogens is 5. The molecule has 1 aromatic carbocycles. The van der Waals surface area contributed by atoms with Crippen LogP contribution >= 0.6 is 0 Å². The Morgan fingerprint density at radius 1 is 1.00 bits per heavy atom. The number of carbonyl (C=O) groups is 1. The van der Waals surface area contributed by atoms with Gasteiger partial charge < -0.3 is 24.7 Å². The van der Waals surface area contributed by atoms with Crippen molar-refractivity contribution in [2.24, 2.45) is 0 Å². The lowest BCUT2D eigenvalue weighted by Crippen LogP contribution is -2.36. The van der Waals surface area contributed by atoms with Gasteiger partial charge in [0.1, 0.15) is 17.2 Å². The van der Waals surface area contributed by atoms with Crippen LogP contribution < -0.4 is 15.5 Å². The molecule has 0 unspecified atom stereocenters. The van der Waals surface area contributed by atoms with E-state index < -0.39 is 0 Å². The summed E-state index contributed by atoms with van der Waals surface area (Å²) in [4.78, 5) is 24.0. The fourth-order valence-corrected chi connectivity index (χ4v) is 4.13. The molecular formula is C26H24N8O3. The summed E-state index contributed by atoms with van der Waals surface area (Å²) in [7, 11) is 0. The summed E-state index contributed by atoms with van der Waals surface area (Å²) in [6.07, 6.45) is 5.09. The maximum Gasteiger partial charge on any atom is 0.320 e. The van der Waals surface area contributed by atoms with E-state index in [1.807, 2.05) is 55.5 Å². The molecule has 1 saturated heterocycles. The summed E-state index contributed by atoms with van der Waals surface area (Å²) in [5, 5.41) is 14.3. The van der Waals surface area contributed by atoms with Crippen LogP contribution in [0.3, 0.4) is 0 Å². The maximum atomic E-state index is 13.0. The van der Waals surface area contributed by atoms with Crippen LogP contribution in [0.2, 0.25) is 0 Å². The van der Waals surface area contributed by atoms with Gasteiger partial charge in [0.25, 0.3) is 5.91 Å². The second kappa shape index (κ2) is 9.70. The SMILES string of the molecule is Cc1ccc(-c2nnc(Nc3ccc(N4CCOCC4)nc3)o2)cc1NC(=O)c1cnc2ccccn12. The normalized spacial score (nSPS) is 13.6. The number of nitrogens with one attached hydrogen (secondary N) is 2. The van der Waals surface area contributed by atoms with E-state index >= 15 is 0 Å². The van der Waals surface area contributed by atoms with Gasteiger partial charge in [0.15, 0.2) is 0 Å². The Hall–Kier alpha value is -4.77. The van der Waals surface area contributed by atoms with Crippen molar-refractivity contribution in [3.05, 3.63) is 78.4 Å². The number of aryl methyl sites for hydroxylation is 1. The molecule has 0 radical (unpaired) electrons. The van der Waals surface area contributed by atoms with Crippen LogP contribution in [0.5, 0.6) is 0 Å². The molecule has 0 bridgehead atoms. The zero-order chi connectivity index (χ0) is 25.2. The van der Waals surface area contributed by atoms with Crippen molar-refractivity contribution in [3.63, 3.8) is 0 Å². The number of hydrogen-bond acceptors (Lipinski definition) is 9. The Labute approximate surface area is 212 Å². The minimum absolute atomic E-state index is 0.243. The highest BCUT2D eigenvalue weighted by Gasteiger charge is 2.16. The predicted octanol–water partition coefficient (Wildman–Crippen LogP) is 3.92. The number of hydrogen-bond donors (Lipinski definition) is 2. The Kier molecular flexibility index (Phi) is 5.95. The second-order valence-corrected chi connectivity index (χ2v) is 8.60. The molecule has 1 fully saturated rings. The van der Waals surface area contributed by atoms with E-state index in [-0.39, 0.29) is 11.9 Å². The average Bonchev–Trinajstić information content (AvgIpc) is 3.58. The predicted molar refractivity (Wildman–Crippen MR) is 138 cm³/mol. The zero-order valence-electron chi connectivity index (χ0n) is 20.1. The number of ether oxygens (including phenoxy) is 1. The van der Waals surface area contributed by atoms with Gasteiger partial charge in [-0.25, -0.2) is 9.97 Å². The fraction of sp³-hybridized carbons (Fsp3) is 0.192. The summed E-state index contributed by atoms with van der Waals surface area (Å²) < 4.78 is 13.0. The minimum atomic E-state index is -0.264. The molecule has 11 nitrogen and oxygen atoms in total. The van der Waals surface area contributed by atoms with Crippen molar-refractivity contribution in [3.8, 4) is 11.5 Å². The standard InChI is InChI=1S/C26H24N8O3/c1-17-5-6-18(14-20(17)30-24(35)21-16-28-23-4-2-3-9-34(21)23)25-31-32-26(37-25)29-19-7-8-22(27-15-19)33-10-12-36-13-11-33/h2-9,14-16H,10-13H2,1H3,(H,29,32)(H,30,35). The smallest absolute Gasteiger partial charge is 0.320 e. The number of morpholine rings is 1. The third-order valence-corrected chi connectivity index (χ3v) is 6.14. The molecule has 0 spiro atoms. The molecular weight excluding hydrogens is 472 g/mol. The third-order valence-electron chi connectivity index (χ3n) is 6.14. The van der Waals surface area contributed by atoms with Gasteiger partial charge in [0.2, 0.25) is 5.89 Å². The molecule has 1 amide bonds. The van der Waals surface area contributed by atoms with Crippen molar-refractivity contribution in [2.45, 2.75) is 6.92 Å².